The third-order valence-corrected chi connectivity index (χ3v) is 4.69. The quantitative estimate of drug-likeness (QED) is 0.844. The average molecular weight is 315 g/mol. The number of carbonyl (C=O) groups is 1. The lowest BCUT2D eigenvalue weighted by Gasteiger charge is -2.25. The van der Waals surface area contributed by atoms with E-state index in [1.54, 1.807) is 17.1 Å². The smallest absolute Gasteiger partial charge is 0.276 e. The molecule has 1 fully saturated rings. The number of fused-ring (bicyclic) bond motifs is 1. The highest BCUT2D eigenvalue weighted by Crippen LogP contribution is 2.18. The van der Waals surface area contributed by atoms with Crippen LogP contribution in [0, 0.1) is 5.92 Å². The summed E-state index contributed by atoms with van der Waals surface area (Å²) in [4.78, 5) is 14.4. The molecular formula is C15H21N7O. The molecule has 2 aliphatic heterocycles. The van der Waals surface area contributed by atoms with Gasteiger partial charge in [-0.05, 0) is 31.8 Å². The van der Waals surface area contributed by atoms with E-state index in [4.69, 9.17) is 0 Å². The van der Waals surface area contributed by atoms with E-state index in [1.165, 1.54) is 12.8 Å². The molecule has 0 aliphatic carbocycles. The molecule has 8 nitrogen and oxygen atoms in total. The summed E-state index contributed by atoms with van der Waals surface area (Å²) in [5.74, 6) is 0.516. The maximum atomic E-state index is 12.6. The van der Waals surface area contributed by atoms with Gasteiger partial charge in [0.05, 0.1) is 12.4 Å². The second-order valence-electron chi connectivity index (χ2n) is 6.39. The van der Waals surface area contributed by atoms with Gasteiger partial charge in [0, 0.05) is 37.3 Å². The fourth-order valence-corrected chi connectivity index (χ4v) is 3.39. The molecule has 4 rings (SSSR count). The summed E-state index contributed by atoms with van der Waals surface area (Å²) in [7, 11) is 0. The number of H-pyrrole nitrogens is 1. The van der Waals surface area contributed by atoms with E-state index in [9.17, 15) is 4.79 Å². The topological polar surface area (TPSA) is 91.7 Å². The third-order valence-electron chi connectivity index (χ3n) is 4.69. The van der Waals surface area contributed by atoms with E-state index in [2.05, 4.69) is 25.8 Å². The van der Waals surface area contributed by atoms with Crippen molar-refractivity contribution in [1.82, 2.24) is 35.4 Å². The van der Waals surface area contributed by atoms with Crippen LogP contribution in [0.5, 0.6) is 0 Å². The summed E-state index contributed by atoms with van der Waals surface area (Å²) >= 11 is 0. The number of aromatic nitrogens is 5. The summed E-state index contributed by atoms with van der Waals surface area (Å²) in [5.41, 5.74) is 2.65. The molecule has 2 aromatic heterocycles. The zero-order chi connectivity index (χ0) is 15.6. The molecule has 1 atom stereocenters. The Morgan fingerprint density at radius 2 is 2.39 bits per heavy atom. The Labute approximate surface area is 134 Å². The molecule has 122 valence electrons. The van der Waals surface area contributed by atoms with Crippen LogP contribution in [0.2, 0.25) is 0 Å². The lowest BCUT2D eigenvalue weighted by atomic mass is 10.00. The molecule has 2 aliphatic rings. The molecule has 0 unspecified atom stereocenters. The Balaban J connectivity index is 1.41. The van der Waals surface area contributed by atoms with Gasteiger partial charge in [-0.25, -0.2) is 0 Å². The molecule has 2 aromatic rings. The molecule has 1 amide bonds. The van der Waals surface area contributed by atoms with Gasteiger partial charge in [-0.2, -0.15) is 5.10 Å². The molecule has 4 heterocycles. The highest BCUT2D eigenvalue weighted by Gasteiger charge is 2.25. The van der Waals surface area contributed by atoms with Crippen molar-refractivity contribution in [3.05, 3.63) is 29.3 Å². The van der Waals surface area contributed by atoms with Gasteiger partial charge >= 0.3 is 0 Å². The summed E-state index contributed by atoms with van der Waals surface area (Å²) in [6.07, 6.45) is 6.78. The fraction of sp³-hybridized carbons (Fsp3) is 0.600. The molecule has 0 aromatic carbocycles. The zero-order valence-corrected chi connectivity index (χ0v) is 13.0. The molecule has 0 bridgehead atoms. The van der Waals surface area contributed by atoms with Crippen LogP contribution in [0.1, 0.15) is 34.6 Å². The van der Waals surface area contributed by atoms with Crippen LogP contribution in [-0.2, 0) is 19.5 Å². The number of carbonyl (C=O) groups excluding carboxylic acids is 1. The average Bonchev–Trinajstić information content (AvgIpc) is 3.23. The van der Waals surface area contributed by atoms with Crippen molar-refractivity contribution in [1.29, 1.82) is 0 Å². The van der Waals surface area contributed by atoms with Gasteiger partial charge in [0.25, 0.3) is 5.91 Å². The van der Waals surface area contributed by atoms with Crippen molar-refractivity contribution < 1.29 is 4.79 Å². The minimum atomic E-state index is -0.0510. The Bertz CT molecular complexity index is 686. The molecule has 1 saturated heterocycles. The van der Waals surface area contributed by atoms with Gasteiger partial charge in [-0.1, -0.05) is 5.21 Å². The largest absolute Gasteiger partial charge is 0.332 e. The van der Waals surface area contributed by atoms with Crippen LogP contribution in [0.3, 0.4) is 0 Å². The Morgan fingerprint density at radius 3 is 3.26 bits per heavy atom. The van der Waals surface area contributed by atoms with Crippen molar-refractivity contribution in [2.24, 2.45) is 5.92 Å². The first-order chi connectivity index (χ1) is 11.3. The number of nitrogens with zero attached hydrogens (tertiary/aromatic N) is 5. The lowest BCUT2D eigenvalue weighted by Crippen LogP contribution is -2.36. The monoisotopic (exact) mass is 315 g/mol. The molecular weight excluding hydrogens is 294 g/mol. The fourth-order valence-electron chi connectivity index (χ4n) is 3.39. The van der Waals surface area contributed by atoms with Crippen LogP contribution in [0.4, 0.5) is 0 Å². The summed E-state index contributed by atoms with van der Waals surface area (Å²) in [6.45, 7) is 4.21. The van der Waals surface area contributed by atoms with Gasteiger partial charge in [0.15, 0.2) is 5.69 Å². The highest BCUT2D eigenvalue weighted by molar-refractivity contribution is 5.92. The standard InChI is InChI=1S/C15H21N7O/c23-15(21-5-3-13-12(9-21)7-17-18-13)14-10-22(20-19-14)8-11-2-1-4-16-6-11/h7,10-11,16H,1-6,8-9H2,(H,17,18)/t11-/m1/s1. The molecule has 0 saturated carbocycles. The third kappa shape index (κ3) is 2.98. The van der Waals surface area contributed by atoms with E-state index in [1.807, 2.05) is 4.90 Å². The van der Waals surface area contributed by atoms with E-state index in [0.717, 1.165) is 37.3 Å². The van der Waals surface area contributed by atoms with Gasteiger partial charge in [-0.3, -0.25) is 14.6 Å². The number of piperidine rings is 1. The Morgan fingerprint density at radius 1 is 1.43 bits per heavy atom. The molecule has 23 heavy (non-hydrogen) atoms. The van der Waals surface area contributed by atoms with Crippen LogP contribution in [0.15, 0.2) is 12.4 Å². The first kappa shape index (κ1) is 14.4. The zero-order valence-electron chi connectivity index (χ0n) is 13.0. The van der Waals surface area contributed by atoms with Crippen molar-refractivity contribution in [3.63, 3.8) is 0 Å². The maximum Gasteiger partial charge on any atom is 0.276 e. The SMILES string of the molecule is O=C(c1cn(C[C@@H]2CCCNC2)nn1)N1CCc2[nH]ncc2C1. The Kier molecular flexibility index (Phi) is 3.82. The lowest BCUT2D eigenvalue weighted by molar-refractivity contribution is 0.0728. The Hall–Kier alpha value is -2.22. The second-order valence-corrected chi connectivity index (χ2v) is 6.39. The van der Waals surface area contributed by atoms with Gasteiger partial charge < -0.3 is 10.2 Å². The molecule has 2 N–H and O–H groups in total. The minimum Gasteiger partial charge on any atom is -0.332 e. The summed E-state index contributed by atoms with van der Waals surface area (Å²) < 4.78 is 1.80. The van der Waals surface area contributed by atoms with Crippen molar-refractivity contribution in [3.8, 4) is 0 Å². The number of hydrogen-bond acceptors (Lipinski definition) is 5. The van der Waals surface area contributed by atoms with E-state index >= 15 is 0 Å². The molecule has 0 radical (unpaired) electrons. The predicted molar refractivity (Wildman–Crippen MR) is 82.6 cm³/mol. The normalized spacial score (nSPS) is 21.2. The van der Waals surface area contributed by atoms with Gasteiger partial charge in [0.2, 0.25) is 0 Å². The number of nitrogens with one attached hydrogen (secondary N) is 2. The number of hydrogen-bond donors (Lipinski definition) is 2. The number of amides is 1. The van der Waals surface area contributed by atoms with Crippen LogP contribution < -0.4 is 5.32 Å². The van der Waals surface area contributed by atoms with Crippen molar-refractivity contribution in [2.75, 3.05) is 19.6 Å². The highest BCUT2D eigenvalue weighted by atomic mass is 16.2. The van der Waals surface area contributed by atoms with Crippen LogP contribution in [-0.4, -0.2) is 55.6 Å². The predicted octanol–water partition coefficient (Wildman–Crippen LogP) is 0.199. The van der Waals surface area contributed by atoms with Crippen LogP contribution in [0.25, 0.3) is 0 Å². The van der Waals surface area contributed by atoms with Crippen molar-refractivity contribution in [2.45, 2.75) is 32.4 Å². The first-order valence-corrected chi connectivity index (χ1v) is 8.21. The minimum absolute atomic E-state index is 0.0510. The molecule has 0 spiro atoms. The number of aromatic amines is 1. The first-order valence-electron chi connectivity index (χ1n) is 8.21. The van der Waals surface area contributed by atoms with Crippen molar-refractivity contribution >= 4 is 5.91 Å². The summed E-state index contributed by atoms with van der Waals surface area (Å²) in [5, 5.41) is 18.6. The van der Waals surface area contributed by atoms with Gasteiger partial charge in [-0.15, -0.1) is 5.10 Å². The van der Waals surface area contributed by atoms with Crippen LogP contribution >= 0.6 is 0 Å². The second kappa shape index (κ2) is 6.11. The van der Waals surface area contributed by atoms with E-state index in [-0.39, 0.29) is 5.91 Å². The molecule has 8 heteroatoms. The van der Waals surface area contributed by atoms with E-state index in [0.29, 0.717) is 24.7 Å². The summed E-state index contributed by atoms with van der Waals surface area (Å²) in [6, 6.07) is 0. The number of rotatable bonds is 3. The van der Waals surface area contributed by atoms with E-state index < -0.39 is 0 Å². The maximum absolute atomic E-state index is 12.6. The van der Waals surface area contributed by atoms with Gasteiger partial charge in [0.1, 0.15) is 0 Å².